The van der Waals surface area contributed by atoms with Crippen LogP contribution in [0.4, 0.5) is 21.5 Å². The number of hydrogen-bond acceptors (Lipinski definition) is 4. The molecule has 23 heavy (non-hydrogen) atoms. The molecule has 0 bridgehead atoms. The molecule has 2 N–H and O–H groups in total. The van der Waals surface area contributed by atoms with Crippen LogP contribution in [0.1, 0.15) is 0 Å². The normalized spacial score (nSPS) is 11.2. The summed E-state index contributed by atoms with van der Waals surface area (Å²) < 4.78 is 40.6. The Bertz CT molecular complexity index is 892. The molecule has 0 aliphatic rings. The molecular formula is C16H13FN2O2S2. The van der Waals surface area contributed by atoms with Gasteiger partial charge in [-0.1, -0.05) is 18.2 Å². The highest BCUT2D eigenvalue weighted by Gasteiger charge is 2.14. The molecule has 3 aromatic rings. The fourth-order valence-corrected chi connectivity index (χ4v) is 4.01. The van der Waals surface area contributed by atoms with Crippen molar-refractivity contribution in [2.75, 3.05) is 10.0 Å². The molecule has 7 heteroatoms. The van der Waals surface area contributed by atoms with Gasteiger partial charge in [0.1, 0.15) is 10.0 Å². The van der Waals surface area contributed by atoms with Crippen LogP contribution in [0.25, 0.3) is 0 Å². The van der Waals surface area contributed by atoms with E-state index in [-0.39, 0.29) is 10.0 Å². The van der Waals surface area contributed by atoms with Gasteiger partial charge in [0.25, 0.3) is 10.0 Å². The van der Waals surface area contributed by atoms with Crippen LogP contribution in [0, 0.1) is 5.82 Å². The second-order valence-corrected chi connectivity index (χ2v) is 7.58. The van der Waals surface area contributed by atoms with Gasteiger partial charge in [0.2, 0.25) is 0 Å². The highest BCUT2D eigenvalue weighted by Crippen LogP contribution is 2.23. The van der Waals surface area contributed by atoms with E-state index in [9.17, 15) is 12.8 Å². The maximum absolute atomic E-state index is 13.6. The molecule has 0 fully saturated rings. The number of anilines is 3. The third kappa shape index (κ3) is 3.69. The molecule has 0 aliphatic heterocycles. The van der Waals surface area contributed by atoms with Crippen molar-refractivity contribution >= 4 is 38.4 Å². The molecule has 0 atom stereocenters. The first-order chi connectivity index (χ1) is 11.0. The minimum atomic E-state index is -3.56. The summed E-state index contributed by atoms with van der Waals surface area (Å²) in [6, 6.07) is 16.2. The van der Waals surface area contributed by atoms with Gasteiger partial charge in [0, 0.05) is 11.4 Å². The Kier molecular flexibility index (Phi) is 4.31. The van der Waals surface area contributed by atoms with Gasteiger partial charge in [-0.05, 0) is 47.8 Å². The lowest BCUT2D eigenvalue weighted by Crippen LogP contribution is -2.11. The second kappa shape index (κ2) is 6.39. The van der Waals surface area contributed by atoms with Crippen LogP contribution in [0.5, 0.6) is 0 Å². The molecule has 1 heterocycles. The molecule has 0 amide bonds. The molecule has 0 spiro atoms. The van der Waals surface area contributed by atoms with Gasteiger partial charge in [0.05, 0.1) is 5.69 Å². The first kappa shape index (κ1) is 15.5. The lowest BCUT2D eigenvalue weighted by Gasteiger charge is -2.09. The average molecular weight is 348 g/mol. The lowest BCUT2D eigenvalue weighted by molar-refractivity contribution is 0.603. The fraction of sp³-hybridized carbons (Fsp3) is 0. The number of hydrogen-bond donors (Lipinski definition) is 2. The Morgan fingerprint density at radius 3 is 2.22 bits per heavy atom. The van der Waals surface area contributed by atoms with Crippen LogP contribution >= 0.6 is 11.3 Å². The van der Waals surface area contributed by atoms with Crippen LogP contribution < -0.4 is 10.0 Å². The number of benzene rings is 2. The van der Waals surface area contributed by atoms with Crippen LogP contribution in [0.2, 0.25) is 0 Å². The van der Waals surface area contributed by atoms with E-state index in [4.69, 9.17) is 0 Å². The first-order valence-electron chi connectivity index (χ1n) is 6.72. The van der Waals surface area contributed by atoms with Gasteiger partial charge in [-0.3, -0.25) is 4.72 Å². The van der Waals surface area contributed by atoms with Crippen molar-refractivity contribution in [1.29, 1.82) is 0 Å². The molecule has 0 aliphatic carbocycles. The van der Waals surface area contributed by atoms with Gasteiger partial charge in [0.15, 0.2) is 0 Å². The van der Waals surface area contributed by atoms with Crippen molar-refractivity contribution in [2.45, 2.75) is 4.21 Å². The third-order valence-electron chi connectivity index (χ3n) is 3.05. The number of para-hydroxylation sites is 1. The minimum absolute atomic E-state index is 0.256. The average Bonchev–Trinajstić information content (AvgIpc) is 3.06. The molecule has 4 nitrogen and oxygen atoms in total. The summed E-state index contributed by atoms with van der Waals surface area (Å²) in [7, 11) is -3.56. The van der Waals surface area contributed by atoms with Gasteiger partial charge in [-0.15, -0.1) is 11.3 Å². The Morgan fingerprint density at radius 1 is 0.870 bits per heavy atom. The van der Waals surface area contributed by atoms with Crippen molar-refractivity contribution in [3.8, 4) is 0 Å². The van der Waals surface area contributed by atoms with Crippen LogP contribution in [-0.4, -0.2) is 8.42 Å². The van der Waals surface area contributed by atoms with Gasteiger partial charge >= 0.3 is 0 Å². The smallest absolute Gasteiger partial charge is 0.271 e. The second-order valence-electron chi connectivity index (χ2n) is 4.72. The molecule has 0 saturated heterocycles. The van der Waals surface area contributed by atoms with Crippen molar-refractivity contribution in [3.05, 3.63) is 71.9 Å². The van der Waals surface area contributed by atoms with E-state index in [2.05, 4.69) is 10.0 Å². The van der Waals surface area contributed by atoms with E-state index in [1.54, 1.807) is 60.0 Å². The van der Waals surface area contributed by atoms with Gasteiger partial charge in [-0.2, -0.15) is 0 Å². The Morgan fingerprint density at radius 2 is 1.57 bits per heavy atom. The fourth-order valence-electron chi connectivity index (χ4n) is 1.96. The quantitative estimate of drug-likeness (QED) is 0.717. The largest absolute Gasteiger partial charge is 0.353 e. The monoisotopic (exact) mass is 348 g/mol. The van der Waals surface area contributed by atoms with Crippen molar-refractivity contribution in [3.63, 3.8) is 0 Å². The van der Waals surface area contributed by atoms with E-state index in [1.165, 1.54) is 6.07 Å². The van der Waals surface area contributed by atoms with Crippen molar-refractivity contribution < 1.29 is 12.8 Å². The Hall–Kier alpha value is -2.38. The van der Waals surface area contributed by atoms with E-state index in [0.29, 0.717) is 17.1 Å². The standard InChI is InChI=1S/C16H13FN2O2S2/c17-14-4-1-2-5-15(14)18-12-7-9-13(10-8-12)19-23(20,21)16-6-3-11-22-16/h1-11,18-19H. The van der Waals surface area contributed by atoms with Gasteiger partial charge < -0.3 is 5.32 Å². The van der Waals surface area contributed by atoms with Crippen LogP contribution in [0.3, 0.4) is 0 Å². The zero-order chi connectivity index (χ0) is 16.3. The van der Waals surface area contributed by atoms with Crippen LogP contribution in [0.15, 0.2) is 70.3 Å². The van der Waals surface area contributed by atoms with Gasteiger partial charge in [-0.25, -0.2) is 12.8 Å². The predicted octanol–water partition coefficient (Wildman–Crippen LogP) is 4.43. The minimum Gasteiger partial charge on any atom is -0.353 e. The summed E-state index contributed by atoms with van der Waals surface area (Å²) in [4.78, 5) is 0. The molecular weight excluding hydrogens is 335 g/mol. The number of rotatable bonds is 5. The predicted molar refractivity (Wildman–Crippen MR) is 91.3 cm³/mol. The van der Waals surface area contributed by atoms with Crippen molar-refractivity contribution in [1.82, 2.24) is 0 Å². The Labute approximate surface area is 137 Å². The summed E-state index contributed by atoms with van der Waals surface area (Å²) in [6.45, 7) is 0. The zero-order valence-corrected chi connectivity index (χ0v) is 13.5. The molecule has 1 aromatic heterocycles. The van der Waals surface area contributed by atoms with E-state index < -0.39 is 10.0 Å². The lowest BCUT2D eigenvalue weighted by atomic mass is 10.2. The maximum atomic E-state index is 13.6. The highest BCUT2D eigenvalue weighted by atomic mass is 32.2. The van der Waals surface area contributed by atoms with Crippen LogP contribution in [-0.2, 0) is 10.0 Å². The topological polar surface area (TPSA) is 58.2 Å². The maximum Gasteiger partial charge on any atom is 0.271 e. The number of nitrogens with one attached hydrogen (secondary N) is 2. The summed E-state index contributed by atoms with van der Waals surface area (Å²) in [5.41, 5.74) is 1.46. The molecule has 0 saturated carbocycles. The molecule has 0 unspecified atom stereocenters. The number of halogens is 1. The third-order valence-corrected chi connectivity index (χ3v) is 5.83. The van der Waals surface area contributed by atoms with E-state index >= 15 is 0 Å². The number of sulfonamides is 1. The number of thiophene rings is 1. The zero-order valence-electron chi connectivity index (χ0n) is 11.9. The Balaban J connectivity index is 1.74. The molecule has 2 aromatic carbocycles. The summed E-state index contributed by atoms with van der Waals surface area (Å²) in [6.07, 6.45) is 0. The molecule has 3 rings (SSSR count). The van der Waals surface area contributed by atoms with Crippen molar-refractivity contribution in [2.24, 2.45) is 0 Å². The molecule has 118 valence electrons. The summed E-state index contributed by atoms with van der Waals surface area (Å²) in [5, 5.41) is 4.64. The highest BCUT2D eigenvalue weighted by molar-refractivity contribution is 7.94. The van der Waals surface area contributed by atoms with E-state index in [1.807, 2.05) is 0 Å². The SMILES string of the molecule is O=S(=O)(Nc1ccc(Nc2ccccc2F)cc1)c1cccs1. The molecule has 0 radical (unpaired) electrons. The first-order valence-corrected chi connectivity index (χ1v) is 9.09. The summed E-state index contributed by atoms with van der Waals surface area (Å²) >= 11 is 1.15. The summed E-state index contributed by atoms with van der Waals surface area (Å²) in [5.74, 6) is -0.352. The van der Waals surface area contributed by atoms with E-state index in [0.717, 1.165) is 11.3 Å².